The molecule has 0 fully saturated rings. The zero-order valence-corrected chi connectivity index (χ0v) is 7.73. The normalized spacial score (nSPS) is 17.8. The van der Waals surface area contributed by atoms with E-state index in [-0.39, 0.29) is 12.0 Å². The second-order valence-corrected chi connectivity index (χ2v) is 4.27. The van der Waals surface area contributed by atoms with Crippen LogP contribution in [0.25, 0.3) is 0 Å². The van der Waals surface area contributed by atoms with Gasteiger partial charge in [0.2, 0.25) is 0 Å². The van der Waals surface area contributed by atoms with E-state index in [1.165, 1.54) is 0 Å². The van der Waals surface area contributed by atoms with Crippen molar-refractivity contribution in [2.75, 3.05) is 0 Å². The number of nitrogens with one attached hydrogen (secondary N) is 1. The molecule has 2 amide bonds. The van der Waals surface area contributed by atoms with Gasteiger partial charge in [0.15, 0.2) is 4.27 Å². The molecule has 0 aliphatic carbocycles. The summed E-state index contributed by atoms with van der Waals surface area (Å²) in [5.41, 5.74) is 0.188. The van der Waals surface area contributed by atoms with Crippen LogP contribution in [0.15, 0.2) is 11.6 Å². The molecule has 0 saturated heterocycles. The Hall–Kier alpha value is -0.460. The third kappa shape index (κ3) is 2.54. The Balaban J connectivity index is 2.71. The van der Waals surface area contributed by atoms with Crippen LogP contribution in [-0.2, 0) is 9.59 Å². The number of thiol groups is 2. The van der Waals surface area contributed by atoms with Gasteiger partial charge >= 0.3 is 0 Å². The van der Waals surface area contributed by atoms with Crippen LogP contribution in [0.1, 0.15) is 6.42 Å². The van der Waals surface area contributed by atoms with Gasteiger partial charge in [-0.2, -0.15) is 0 Å². The topological polar surface area (TPSA) is 66.4 Å². The highest BCUT2D eigenvalue weighted by Gasteiger charge is 2.27. The van der Waals surface area contributed by atoms with Gasteiger partial charge in [0.1, 0.15) is 0 Å². The van der Waals surface area contributed by atoms with Gasteiger partial charge in [-0.3, -0.25) is 14.9 Å². The summed E-state index contributed by atoms with van der Waals surface area (Å²) in [6.07, 6.45) is 1.05. The fraction of sp³-hybridized carbons (Fsp3) is 0.333. The van der Waals surface area contributed by atoms with Crippen molar-refractivity contribution < 1.29 is 14.7 Å². The minimum atomic E-state index is -1.56. The first-order chi connectivity index (χ1) is 5.38. The summed E-state index contributed by atoms with van der Waals surface area (Å²) in [5, 5.41) is 11.1. The van der Waals surface area contributed by atoms with Crippen LogP contribution in [0.3, 0.4) is 0 Å². The summed E-state index contributed by atoms with van der Waals surface area (Å²) in [7, 11) is 0. The Labute approximate surface area is 79.8 Å². The third-order valence-corrected chi connectivity index (χ3v) is 1.58. The molecule has 0 aromatic rings. The molecule has 1 heterocycles. The molecule has 0 aromatic carbocycles. The summed E-state index contributed by atoms with van der Waals surface area (Å²) in [4.78, 5) is 21.5. The van der Waals surface area contributed by atoms with Crippen molar-refractivity contribution in [3.05, 3.63) is 11.6 Å². The van der Waals surface area contributed by atoms with Gasteiger partial charge < -0.3 is 5.11 Å². The lowest BCUT2D eigenvalue weighted by atomic mass is 10.2. The highest BCUT2D eigenvalue weighted by molar-refractivity contribution is 8.00. The highest BCUT2D eigenvalue weighted by Crippen LogP contribution is 2.25. The molecule has 1 rings (SSSR count). The largest absolute Gasteiger partial charge is 0.370 e. The zero-order valence-electron chi connectivity index (χ0n) is 5.94. The Morgan fingerprint density at radius 2 is 2.08 bits per heavy atom. The maximum atomic E-state index is 10.9. The van der Waals surface area contributed by atoms with E-state index in [9.17, 15) is 9.59 Å². The summed E-state index contributed by atoms with van der Waals surface area (Å²) in [6.45, 7) is 0. The van der Waals surface area contributed by atoms with Gasteiger partial charge in [0.05, 0.1) is 0 Å². The lowest BCUT2D eigenvalue weighted by molar-refractivity contribution is -0.124. The van der Waals surface area contributed by atoms with Gasteiger partial charge in [0, 0.05) is 18.1 Å². The van der Waals surface area contributed by atoms with Crippen LogP contribution < -0.4 is 5.32 Å². The second kappa shape index (κ2) is 3.12. The van der Waals surface area contributed by atoms with Crippen LogP contribution in [0, 0.1) is 0 Å². The van der Waals surface area contributed by atoms with Crippen molar-refractivity contribution in [2.24, 2.45) is 0 Å². The van der Waals surface area contributed by atoms with Crippen molar-refractivity contribution in [1.29, 1.82) is 0 Å². The minimum Gasteiger partial charge on any atom is -0.370 e. The van der Waals surface area contributed by atoms with Crippen LogP contribution in [-0.4, -0.2) is 21.2 Å². The van der Waals surface area contributed by atoms with E-state index in [4.69, 9.17) is 5.11 Å². The van der Waals surface area contributed by atoms with E-state index in [1.807, 2.05) is 5.32 Å². The quantitative estimate of drug-likeness (QED) is 0.278. The molecule has 0 unspecified atom stereocenters. The first kappa shape index (κ1) is 9.63. The van der Waals surface area contributed by atoms with Crippen molar-refractivity contribution in [1.82, 2.24) is 5.32 Å². The van der Waals surface area contributed by atoms with E-state index in [0.29, 0.717) is 0 Å². The number of carbonyl (C=O) groups is 2. The molecule has 0 spiro atoms. The van der Waals surface area contributed by atoms with Crippen LogP contribution in [0.4, 0.5) is 0 Å². The molecule has 66 valence electrons. The first-order valence-electron chi connectivity index (χ1n) is 3.11. The number of rotatable bonds is 2. The fourth-order valence-electron chi connectivity index (χ4n) is 0.839. The average Bonchev–Trinajstić information content (AvgIpc) is 2.06. The third-order valence-electron chi connectivity index (χ3n) is 1.26. The summed E-state index contributed by atoms with van der Waals surface area (Å²) < 4.78 is -1.56. The van der Waals surface area contributed by atoms with E-state index in [0.717, 1.165) is 6.08 Å². The fourth-order valence-corrected chi connectivity index (χ4v) is 1.18. The Kier molecular flexibility index (Phi) is 2.50. The maximum absolute atomic E-state index is 10.9. The molecular formula is C6H7NO3S2. The molecule has 0 radical (unpaired) electrons. The van der Waals surface area contributed by atoms with Crippen molar-refractivity contribution in [3.63, 3.8) is 0 Å². The van der Waals surface area contributed by atoms with Gasteiger partial charge in [0.25, 0.3) is 11.8 Å². The maximum Gasteiger partial charge on any atom is 0.254 e. The molecule has 4 nitrogen and oxygen atoms in total. The Morgan fingerprint density at radius 1 is 1.50 bits per heavy atom. The molecule has 1 aliphatic heterocycles. The predicted octanol–water partition coefficient (Wildman–Crippen LogP) is -0.535. The molecular weight excluding hydrogens is 198 g/mol. The standard InChI is InChI=1S/C6H7NO3S2/c8-4-1-3(5(9)7-4)2-6(10,11)12/h1,10-12H,2H2,(H,7,8,9). The van der Waals surface area contributed by atoms with Crippen LogP contribution >= 0.6 is 25.3 Å². The number of carbonyl (C=O) groups excluding carboxylic acids is 2. The lowest BCUT2D eigenvalue weighted by Crippen LogP contribution is -2.24. The molecule has 6 heteroatoms. The van der Waals surface area contributed by atoms with Crippen molar-refractivity contribution in [3.8, 4) is 0 Å². The number of aliphatic hydroxyl groups is 1. The van der Waals surface area contributed by atoms with E-state index in [1.54, 1.807) is 0 Å². The van der Waals surface area contributed by atoms with Crippen molar-refractivity contribution in [2.45, 2.75) is 10.7 Å². The molecule has 0 atom stereocenters. The molecule has 0 aromatic heterocycles. The summed E-state index contributed by atoms with van der Waals surface area (Å²) >= 11 is 7.38. The Bertz CT molecular complexity index is 266. The average molecular weight is 205 g/mol. The SMILES string of the molecule is O=C1C=C(CC(O)(S)S)C(=O)N1. The predicted molar refractivity (Wildman–Crippen MR) is 48.8 cm³/mol. The summed E-state index contributed by atoms with van der Waals surface area (Å²) in [5.74, 6) is -0.970. The van der Waals surface area contributed by atoms with Gasteiger partial charge in [-0.25, -0.2) is 0 Å². The molecule has 0 bridgehead atoms. The lowest BCUT2D eigenvalue weighted by Gasteiger charge is -2.13. The molecule has 2 N–H and O–H groups in total. The van der Waals surface area contributed by atoms with Gasteiger partial charge in [-0.1, -0.05) is 0 Å². The molecule has 0 saturated carbocycles. The smallest absolute Gasteiger partial charge is 0.254 e. The van der Waals surface area contributed by atoms with E-state index >= 15 is 0 Å². The Morgan fingerprint density at radius 3 is 2.42 bits per heavy atom. The van der Waals surface area contributed by atoms with Gasteiger partial charge in [-0.15, -0.1) is 25.3 Å². The van der Waals surface area contributed by atoms with E-state index in [2.05, 4.69) is 25.3 Å². The van der Waals surface area contributed by atoms with Crippen LogP contribution in [0.2, 0.25) is 0 Å². The number of amides is 2. The van der Waals surface area contributed by atoms with Crippen LogP contribution in [0.5, 0.6) is 0 Å². The zero-order chi connectivity index (χ0) is 9.35. The monoisotopic (exact) mass is 205 g/mol. The number of imide groups is 1. The number of hydrogen-bond donors (Lipinski definition) is 4. The van der Waals surface area contributed by atoms with E-state index < -0.39 is 16.1 Å². The van der Waals surface area contributed by atoms with Crippen molar-refractivity contribution >= 4 is 37.1 Å². The second-order valence-electron chi connectivity index (χ2n) is 2.44. The molecule has 1 aliphatic rings. The summed E-state index contributed by atoms with van der Waals surface area (Å²) in [6, 6.07) is 0. The highest BCUT2D eigenvalue weighted by atomic mass is 32.2. The number of hydrogen-bond acceptors (Lipinski definition) is 5. The minimum absolute atomic E-state index is 0.0726. The first-order valence-corrected chi connectivity index (χ1v) is 4.01. The molecule has 12 heavy (non-hydrogen) atoms. The van der Waals surface area contributed by atoms with Gasteiger partial charge in [-0.05, 0) is 0 Å².